The molecule has 9 heteroatoms. The second kappa shape index (κ2) is 7.75. The van der Waals surface area contributed by atoms with E-state index in [1.165, 1.54) is 6.07 Å². The average molecular weight is 462 g/mol. The van der Waals surface area contributed by atoms with Gasteiger partial charge in [0.2, 0.25) is 0 Å². The third-order valence-electron chi connectivity index (χ3n) is 4.15. The topological polar surface area (TPSA) is 85.6 Å². The van der Waals surface area contributed by atoms with Crippen molar-refractivity contribution in [2.24, 2.45) is 0 Å². The van der Waals surface area contributed by atoms with E-state index in [0.717, 1.165) is 15.8 Å². The standard InChI is InChI=1S/C19H14BrClN4O3/c20-12-1-6-19-23-14(11-24(19)10-12)8-22-9-15-3-5-18(28-15)16-4-2-13(21)7-17(16)25(26)27/h1-7,10-11,22H,8-9H2. The van der Waals surface area contributed by atoms with Gasteiger partial charge in [0.1, 0.15) is 17.2 Å². The van der Waals surface area contributed by atoms with Gasteiger partial charge in [-0.1, -0.05) is 11.6 Å². The van der Waals surface area contributed by atoms with Gasteiger partial charge in [-0.3, -0.25) is 10.1 Å². The molecule has 1 aromatic carbocycles. The Morgan fingerprint density at radius 3 is 2.86 bits per heavy atom. The van der Waals surface area contributed by atoms with Crippen LogP contribution in [0, 0.1) is 10.1 Å². The molecule has 0 amide bonds. The van der Waals surface area contributed by atoms with Crippen LogP contribution in [0.4, 0.5) is 5.69 Å². The number of rotatable bonds is 6. The van der Waals surface area contributed by atoms with Crippen molar-refractivity contribution in [1.29, 1.82) is 0 Å². The number of pyridine rings is 1. The van der Waals surface area contributed by atoms with Gasteiger partial charge in [-0.25, -0.2) is 4.98 Å². The van der Waals surface area contributed by atoms with E-state index < -0.39 is 4.92 Å². The van der Waals surface area contributed by atoms with Gasteiger partial charge < -0.3 is 14.1 Å². The smallest absolute Gasteiger partial charge is 0.281 e. The number of nitrogens with zero attached hydrogens (tertiary/aromatic N) is 3. The summed E-state index contributed by atoms with van der Waals surface area (Å²) in [5.74, 6) is 1.10. The fourth-order valence-electron chi connectivity index (χ4n) is 2.90. The minimum absolute atomic E-state index is 0.0859. The maximum absolute atomic E-state index is 11.3. The van der Waals surface area contributed by atoms with Gasteiger partial charge in [0, 0.05) is 34.5 Å². The van der Waals surface area contributed by atoms with Crippen molar-refractivity contribution in [1.82, 2.24) is 14.7 Å². The Labute approximate surface area is 173 Å². The number of furan rings is 1. The highest BCUT2D eigenvalue weighted by Crippen LogP contribution is 2.33. The highest BCUT2D eigenvalue weighted by molar-refractivity contribution is 9.10. The van der Waals surface area contributed by atoms with Crippen LogP contribution in [-0.2, 0) is 13.1 Å². The summed E-state index contributed by atoms with van der Waals surface area (Å²) in [4.78, 5) is 15.3. The summed E-state index contributed by atoms with van der Waals surface area (Å²) < 4.78 is 8.70. The molecule has 142 valence electrons. The molecule has 0 radical (unpaired) electrons. The number of aromatic nitrogens is 2. The molecule has 0 unspecified atom stereocenters. The average Bonchev–Trinajstić information content (AvgIpc) is 3.28. The van der Waals surface area contributed by atoms with E-state index >= 15 is 0 Å². The van der Waals surface area contributed by atoms with Crippen LogP contribution in [0.2, 0.25) is 5.02 Å². The Kier molecular flexibility index (Phi) is 5.17. The molecule has 4 rings (SSSR count). The Balaban J connectivity index is 1.44. The molecule has 0 fully saturated rings. The molecular formula is C19H14BrClN4O3. The molecule has 0 aliphatic rings. The zero-order valence-corrected chi connectivity index (χ0v) is 16.8. The van der Waals surface area contributed by atoms with E-state index in [1.807, 2.05) is 28.9 Å². The molecule has 0 saturated carbocycles. The monoisotopic (exact) mass is 460 g/mol. The van der Waals surface area contributed by atoms with Crippen molar-refractivity contribution in [3.63, 3.8) is 0 Å². The third kappa shape index (κ3) is 3.94. The molecule has 0 atom stereocenters. The van der Waals surface area contributed by atoms with E-state index in [-0.39, 0.29) is 5.69 Å². The molecule has 1 N–H and O–H groups in total. The number of benzene rings is 1. The molecule has 3 aromatic heterocycles. The quantitative estimate of drug-likeness (QED) is 0.315. The first kappa shape index (κ1) is 18.7. The van der Waals surface area contributed by atoms with Crippen molar-refractivity contribution >= 4 is 38.9 Å². The van der Waals surface area contributed by atoms with Crippen LogP contribution in [0.1, 0.15) is 11.5 Å². The lowest BCUT2D eigenvalue weighted by atomic mass is 10.1. The third-order valence-corrected chi connectivity index (χ3v) is 4.86. The maximum Gasteiger partial charge on any atom is 0.281 e. The van der Waals surface area contributed by atoms with Gasteiger partial charge in [0.25, 0.3) is 5.69 Å². The number of nitro benzene ring substituents is 1. The number of nitrogens with one attached hydrogen (secondary N) is 1. The molecule has 0 saturated heterocycles. The molecule has 3 heterocycles. The normalized spacial score (nSPS) is 11.2. The summed E-state index contributed by atoms with van der Waals surface area (Å²) in [5, 5.41) is 14.8. The van der Waals surface area contributed by atoms with Gasteiger partial charge in [0.05, 0.1) is 22.7 Å². The lowest BCUT2D eigenvalue weighted by Gasteiger charge is -2.02. The van der Waals surface area contributed by atoms with Gasteiger partial charge in [-0.2, -0.15) is 0 Å². The molecular weight excluding hydrogens is 448 g/mol. The molecule has 0 aliphatic heterocycles. The van der Waals surface area contributed by atoms with Gasteiger partial charge in [-0.05, 0) is 52.3 Å². The Morgan fingerprint density at radius 1 is 1.18 bits per heavy atom. The van der Waals surface area contributed by atoms with Crippen molar-refractivity contribution in [3.8, 4) is 11.3 Å². The number of fused-ring (bicyclic) bond motifs is 1. The Bertz CT molecular complexity index is 1170. The number of nitro groups is 1. The van der Waals surface area contributed by atoms with Crippen molar-refractivity contribution in [3.05, 3.63) is 85.9 Å². The predicted molar refractivity (Wildman–Crippen MR) is 109 cm³/mol. The summed E-state index contributed by atoms with van der Waals surface area (Å²) in [6, 6.07) is 11.9. The van der Waals surface area contributed by atoms with Crippen LogP contribution in [0.3, 0.4) is 0 Å². The maximum atomic E-state index is 11.3. The van der Waals surface area contributed by atoms with E-state index in [1.54, 1.807) is 24.3 Å². The zero-order valence-electron chi connectivity index (χ0n) is 14.4. The van der Waals surface area contributed by atoms with E-state index in [9.17, 15) is 10.1 Å². The summed E-state index contributed by atoms with van der Waals surface area (Å²) in [6.45, 7) is 1.04. The summed E-state index contributed by atoms with van der Waals surface area (Å²) in [7, 11) is 0. The summed E-state index contributed by atoms with van der Waals surface area (Å²) in [5.41, 5.74) is 2.08. The minimum Gasteiger partial charge on any atom is -0.459 e. The summed E-state index contributed by atoms with van der Waals surface area (Å²) >= 11 is 9.30. The first-order valence-electron chi connectivity index (χ1n) is 8.36. The lowest BCUT2D eigenvalue weighted by molar-refractivity contribution is -0.384. The molecule has 0 aliphatic carbocycles. The first-order chi connectivity index (χ1) is 13.5. The van der Waals surface area contributed by atoms with E-state index in [2.05, 4.69) is 26.2 Å². The molecule has 4 aromatic rings. The lowest BCUT2D eigenvalue weighted by Crippen LogP contribution is -2.12. The SMILES string of the molecule is O=[N+]([O-])c1cc(Cl)ccc1-c1ccc(CNCc2cn3cc(Br)ccc3n2)o1. The van der Waals surface area contributed by atoms with Crippen LogP contribution < -0.4 is 5.32 Å². The van der Waals surface area contributed by atoms with Crippen LogP contribution in [0.5, 0.6) is 0 Å². The van der Waals surface area contributed by atoms with Crippen LogP contribution in [-0.4, -0.2) is 14.3 Å². The number of hydrogen-bond acceptors (Lipinski definition) is 5. The molecule has 7 nitrogen and oxygen atoms in total. The van der Waals surface area contributed by atoms with Gasteiger partial charge in [0.15, 0.2) is 0 Å². The molecule has 0 spiro atoms. The number of imidazole rings is 1. The van der Waals surface area contributed by atoms with E-state index in [0.29, 0.717) is 35.2 Å². The van der Waals surface area contributed by atoms with Gasteiger partial charge >= 0.3 is 0 Å². The second-order valence-corrected chi connectivity index (χ2v) is 7.49. The van der Waals surface area contributed by atoms with E-state index in [4.69, 9.17) is 16.0 Å². The van der Waals surface area contributed by atoms with Crippen LogP contribution in [0.25, 0.3) is 17.0 Å². The largest absolute Gasteiger partial charge is 0.459 e. The summed E-state index contributed by atoms with van der Waals surface area (Å²) in [6.07, 6.45) is 3.90. The highest BCUT2D eigenvalue weighted by atomic mass is 79.9. The van der Waals surface area contributed by atoms with Crippen LogP contribution in [0.15, 0.2) is 63.7 Å². The predicted octanol–water partition coefficient (Wildman–Crippen LogP) is 5.21. The van der Waals surface area contributed by atoms with Crippen LogP contribution >= 0.6 is 27.5 Å². The fraction of sp³-hybridized carbons (Fsp3) is 0.105. The fourth-order valence-corrected chi connectivity index (χ4v) is 3.42. The zero-order chi connectivity index (χ0) is 19.7. The Morgan fingerprint density at radius 2 is 2.04 bits per heavy atom. The first-order valence-corrected chi connectivity index (χ1v) is 9.53. The Hall–Kier alpha value is -2.68. The molecule has 0 bridgehead atoms. The molecule has 28 heavy (non-hydrogen) atoms. The number of halogens is 2. The minimum atomic E-state index is -0.469. The second-order valence-electron chi connectivity index (χ2n) is 6.13. The van der Waals surface area contributed by atoms with Crippen molar-refractivity contribution < 1.29 is 9.34 Å². The van der Waals surface area contributed by atoms with Gasteiger partial charge in [-0.15, -0.1) is 0 Å². The van der Waals surface area contributed by atoms with Crippen molar-refractivity contribution in [2.45, 2.75) is 13.1 Å². The highest BCUT2D eigenvalue weighted by Gasteiger charge is 2.18. The number of hydrogen-bond donors (Lipinski definition) is 1. The van der Waals surface area contributed by atoms with Crippen molar-refractivity contribution in [2.75, 3.05) is 0 Å².